The van der Waals surface area contributed by atoms with E-state index >= 15 is 0 Å². The van der Waals surface area contributed by atoms with E-state index in [1.54, 1.807) is 0 Å². The SMILES string of the molecule is CCNC(C)(CO)CCN(C)C1CCCC1. The molecule has 0 spiro atoms. The molecule has 1 saturated carbocycles. The van der Waals surface area contributed by atoms with E-state index in [9.17, 15) is 5.11 Å². The first-order valence-corrected chi connectivity index (χ1v) is 6.67. The molecule has 1 aliphatic rings. The van der Waals surface area contributed by atoms with Gasteiger partial charge in [0.05, 0.1) is 6.61 Å². The summed E-state index contributed by atoms with van der Waals surface area (Å²) in [7, 11) is 2.22. The molecule has 0 amide bonds. The summed E-state index contributed by atoms with van der Waals surface area (Å²) >= 11 is 0. The highest BCUT2D eigenvalue weighted by Gasteiger charge is 2.25. The standard InChI is InChI=1S/C13H28N2O/c1-4-14-13(2,11-16)9-10-15(3)12-7-5-6-8-12/h12,14,16H,4-11H2,1-3H3. The predicted octanol–water partition coefficient (Wildman–Crippen LogP) is 1.61. The third-order valence-electron chi connectivity index (χ3n) is 3.92. The fourth-order valence-corrected chi connectivity index (χ4v) is 2.60. The molecule has 0 bridgehead atoms. The van der Waals surface area contributed by atoms with Crippen molar-refractivity contribution in [1.29, 1.82) is 0 Å². The van der Waals surface area contributed by atoms with Gasteiger partial charge in [-0.3, -0.25) is 0 Å². The number of rotatable bonds is 7. The molecule has 2 N–H and O–H groups in total. The van der Waals surface area contributed by atoms with Crippen molar-refractivity contribution >= 4 is 0 Å². The van der Waals surface area contributed by atoms with E-state index in [1.807, 2.05) is 0 Å². The fourth-order valence-electron chi connectivity index (χ4n) is 2.60. The Morgan fingerprint density at radius 3 is 2.50 bits per heavy atom. The highest BCUT2D eigenvalue weighted by Crippen LogP contribution is 2.23. The van der Waals surface area contributed by atoms with Crippen LogP contribution >= 0.6 is 0 Å². The Kier molecular flexibility index (Phi) is 5.73. The number of likely N-dealkylation sites (N-methyl/N-ethyl adjacent to an activating group) is 1. The number of nitrogens with zero attached hydrogens (tertiary/aromatic N) is 1. The zero-order valence-corrected chi connectivity index (χ0v) is 11.1. The minimum atomic E-state index is -0.110. The molecule has 3 nitrogen and oxygen atoms in total. The summed E-state index contributed by atoms with van der Waals surface area (Å²) in [4.78, 5) is 2.47. The van der Waals surface area contributed by atoms with Crippen LogP contribution in [0.5, 0.6) is 0 Å². The summed E-state index contributed by atoms with van der Waals surface area (Å²) in [5.74, 6) is 0. The number of hydrogen-bond acceptors (Lipinski definition) is 3. The van der Waals surface area contributed by atoms with Crippen molar-refractivity contribution < 1.29 is 5.11 Å². The van der Waals surface area contributed by atoms with E-state index in [0.29, 0.717) is 0 Å². The quantitative estimate of drug-likeness (QED) is 0.695. The first-order chi connectivity index (χ1) is 7.61. The van der Waals surface area contributed by atoms with Gasteiger partial charge in [0.25, 0.3) is 0 Å². The molecule has 0 aromatic carbocycles. The van der Waals surface area contributed by atoms with Crippen LogP contribution < -0.4 is 5.32 Å². The van der Waals surface area contributed by atoms with Crippen LogP contribution in [0.3, 0.4) is 0 Å². The van der Waals surface area contributed by atoms with Gasteiger partial charge in [-0.05, 0) is 46.3 Å². The van der Waals surface area contributed by atoms with Gasteiger partial charge in [0, 0.05) is 11.6 Å². The first kappa shape index (κ1) is 13.9. The molecule has 0 aliphatic heterocycles. The van der Waals surface area contributed by atoms with Crippen LogP contribution in [0.4, 0.5) is 0 Å². The molecule has 1 fully saturated rings. The van der Waals surface area contributed by atoms with Crippen LogP contribution in [0.1, 0.15) is 46.0 Å². The maximum absolute atomic E-state index is 9.41. The minimum absolute atomic E-state index is 0.110. The Labute approximate surface area is 100 Å². The summed E-state index contributed by atoms with van der Waals surface area (Å²) < 4.78 is 0. The fraction of sp³-hybridized carbons (Fsp3) is 1.00. The van der Waals surface area contributed by atoms with E-state index in [2.05, 4.69) is 31.1 Å². The van der Waals surface area contributed by atoms with Gasteiger partial charge in [-0.1, -0.05) is 19.8 Å². The van der Waals surface area contributed by atoms with Crippen LogP contribution in [0.15, 0.2) is 0 Å². The van der Waals surface area contributed by atoms with Gasteiger partial charge in [-0.25, -0.2) is 0 Å². The van der Waals surface area contributed by atoms with E-state index < -0.39 is 0 Å². The van der Waals surface area contributed by atoms with Crippen molar-refractivity contribution in [1.82, 2.24) is 10.2 Å². The molecule has 0 radical (unpaired) electrons. The van der Waals surface area contributed by atoms with Crippen LogP contribution in [0.2, 0.25) is 0 Å². The third kappa shape index (κ3) is 4.04. The lowest BCUT2D eigenvalue weighted by Gasteiger charge is -2.32. The van der Waals surface area contributed by atoms with Crippen molar-refractivity contribution in [2.24, 2.45) is 0 Å². The number of nitrogens with one attached hydrogen (secondary N) is 1. The summed E-state index contributed by atoms with van der Waals surface area (Å²) in [5, 5.41) is 12.8. The van der Waals surface area contributed by atoms with Gasteiger partial charge in [0.15, 0.2) is 0 Å². The molecule has 3 heteroatoms. The van der Waals surface area contributed by atoms with Crippen molar-refractivity contribution in [3.8, 4) is 0 Å². The lowest BCUT2D eigenvalue weighted by atomic mass is 9.98. The van der Waals surface area contributed by atoms with Crippen molar-refractivity contribution in [2.45, 2.75) is 57.5 Å². The third-order valence-corrected chi connectivity index (χ3v) is 3.92. The Balaban J connectivity index is 2.30. The maximum atomic E-state index is 9.41. The highest BCUT2D eigenvalue weighted by atomic mass is 16.3. The van der Waals surface area contributed by atoms with Crippen molar-refractivity contribution in [3.05, 3.63) is 0 Å². The van der Waals surface area contributed by atoms with Gasteiger partial charge in [0.1, 0.15) is 0 Å². The predicted molar refractivity (Wildman–Crippen MR) is 68.7 cm³/mol. The first-order valence-electron chi connectivity index (χ1n) is 6.67. The molecule has 0 heterocycles. The number of aliphatic hydroxyl groups is 1. The zero-order chi connectivity index (χ0) is 12.0. The van der Waals surface area contributed by atoms with E-state index in [4.69, 9.17) is 0 Å². The number of aliphatic hydroxyl groups excluding tert-OH is 1. The lowest BCUT2D eigenvalue weighted by molar-refractivity contribution is 0.142. The topological polar surface area (TPSA) is 35.5 Å². The van der Waals surface area contributed by atoms with E-state index in [1.165, 1.54) is 25.7 Å². The van der Waals surface area contributed by atoms with Gasteiger partial charge in [0.2, 0.25) is 0 Å². The van der Waals surface area contributed by atoms with E-state index in [-0.39, 0.29) is 12.1 Å². The Hall–Kier alpha value is -0.120. The molecule has 0 aromatic heterocycles. The van der Waals surface area contributed by atoms with Gasteiger partial charge in [-0.15, -0.1) is 0 Å². The van der Waals surface area contributed by atoms with Crippen molar-refractivity contribution in [2.75, 3.05) is 26.7 Å². The largest absolute Gasteiger partial charge is 0.394 e. The molecule has 96 valence electrons. The molecular formula is C13H28N2O. The maximum Gasteiger partial charge on any atom is 0.0611 e. The normalized spacial score (nSPS) is 21.6. The summed E-state index contributed by atoms with van der Waals surface area (Å²) in [5.41, 5.74) is -0.110. The molecule has 1 unspecified atom stereocenters. The smallest absolute Gasteiger partial charge is 0.0611 e. The Bertz CT molecular complexity index is 192. The molecule has 1 rings (SSSR count). The molecule has 0 saturated heterocycles. The lowest BCUT2D eigenvalue weighted by Crippen LogP contribution is -2.48. The second-order valence-electron chi connectivity index (χ2n) is 5.42. The Morgan fingerprint density at radius 2 is 2.00 bits per heavy atom. The minimum Gasteiger partial charge on any atom is -0.394 e. The monoisotopic (exact) mass is 228 g/mol. The summed E-state index contributed by atoms with van der Waals surface area (Å²) in [6.07, 6.45) is 6.50. The average Bonchev–Trinajstić information content (AvgIpc) is 2.80. The highest BCUT2D eigenvalue weighted by molar-refractivity contribution is 4.84. The van der Waals surface area contributed by atoms with Gasteiger partial charge >= 0.3 is 0 Å². The molecule has 16 heavy (non-hydrogen) atoms. The number of hydrogen-bond donors (Lipinski definition) is 2. The van der Waals surface area contributed by atoms with Crippen LogP contribution in [0, 0.1) is 0 Å². The second kappa shape index (κ2) is 6.58. The second-order valence-corrected chi connectivity index (χ2v) is 5.42. The summed E-state index contributed by atoms with van der Waals surface area (Å²) in [6.45, 7) is 6.42. The average molecular weight is 228 g/mol. The Morgan fingerprint density at radius 1 is 1.38 bits per heavy atom. The van der Waals surface area contributed by atoms with Gasteiger partial charge < -0.3 is 15.3 Å². The summed E-state index contributed by atoms with van der Waals surface area (Å²) in [6, 6.07) is 0.782. The molecule has 1 atom stereocenters. The zero-order valence-electron chi connectivity index (χ0n) is 11.1. The van der Waals surface area contributed by atoms with Gasteiger partial charge in [-0.2, -0.15) is 0 Å². The van der Waals surface area contributed by atoms with E-state index in [0.717, 1.165) is 25.6 Å². The van der Waals surface area contributed by atoms with Crippen LogP contribution in [-0.2, 0) is 0 Å². The molecule has 1 aliphatic carbocycles. The molecule has 0 aromatic rings. The van der Waals surface area contributed by atoms with Crippen LogP contribution in [-0.4, -0.2) is 48.3 Å². The molecular weight excluding hydrogens is 200 g/mol. The van der Waals surface area contributed by atoms with Crippen molar-refractivity contribution in [3.63, 3.8) is 0 Å². The van der Waals surface area contributed by atoms with Crippen LogP contribution in [0.25, 0.3) is 0 Å².